The van der Waals surface area contributed by atoms with Crippen LogP contribution in [0.5, 0.6) is 0 Å². The van der Waals surface area contributed by atoms with E-state index in [1.807, 2.05) is 4.90 Å². The highest BCUT2D eigenvalue weighted by Gasteiger charge is 2.25. The molecule has 8 heteroatoms. The summed E-state index contributed by atoms with van der Waals surface area (Å²) in [6.45, 7) is 2.33. The molecule has 3 heterocycles. The number of thiazole rings is 1. The fourth-order valence-electron chi connectivity index (χ4n) is 2.44. The topological polar surface area (TPSA) is 92.4 Å². The lowest BCUT2D eigenvalue weighted by atomic mass is 10.2. The minimum absolute atomic E-state index is 0.0583. The summed E-state index contributed by atoms with van der Waals surface area (Å²) in [5.41, 5.74) is 7.92. The lowest BCUT2D eigenvalue weighted by Crippen LogP contribution is -2.49. The molecule has 0 saturated carbocycles. The second-order valence-corrected chi connectivity index (χ2v) is 5.61. The summed E-state index contributed by atoms with van der Waals surface area (Å²) in [7, 11) is 0. The van der Waals surface area contributed by atoms with E-state index in [4.69, 9.17) is 5.73 Å². The second kappa shape index (κ2) is 6.10. The van der Waals surface area contributed by atoms with Gasteiger partial charge in [0, 0.05) is 37.8 Å². The maximum atomic E-state index is 12.2. The molecule has 3 rings (SSSR count). The number of rotatable bonds is 3. The van der Waals surface area contributed by atoms with Crippen LogP contribution in [0, 0.1) is 0 Å². The van der Waals surface area contributed by atoms with Crippen molar-refractivity contribution in [2.24, 2.45) is 5.73 Å². The van der Waals surface area contributed by atoms with Gasteiger partial charge in [-0.05, 0) is 12.1 Å². The highest BCUT2D eigenvalue weighted by atomic mass is 32.1. The van der Waals surface area contributed by atoms with Crippen molar-refractivity contribution >= 4 is 29.0 Å². The second-order valence-electron chi connectivity index (χ2n) is 4.89. The average Bonchev–Trinajstić information content (AvgIpc) is 3.09. The molecule has 0 bridgehead atoms. The molecule has 0 unspecified atom stereocenters. The third-order valence-electron chi connectivity index (χ3n) is 3.57. The molecule has 1 aliphatic rings. The fourth-order valence-corrected chi connectivity index (χ4v) is 2.97. The van der Waals surface area contributed by atoms with Gasteiger partial charge >= 0.3 is 0 Å². The number of carbonyl (C=O) groups excluding carboxylic acids is 2. The van der Waals surface area contributed by atoms with Gasteiger partial charge in [0.1, 0.15) is 11.5 Å². The summed E-state index contributed by atoms with van der Waals surface area (Å²) in [5.74, 6) is 0.0249. The van der Waals surface area contributed by atoms with E-state index in [0.29, 0.717) is 43.3 Å². The molecule has 0 aliphatic carbocycles. The first-order valence-corrected chi connectivity index (χ1v) is 7.78. The van der Waals surface area contributed by atoms with Crippen molar-refractivity contribution in [2.75, 3.05) is 31.1 Å². The zero-order valence-electron chi connectivity index (χ0n) is 11.8. The smallest absolute Gasteiger partial charge is 0.273 e. The van der Waals surface area contributed by atoms with E-state index in [1.165, 1.54) is 11.3 Å². The maximum Gasteiger partial charge on any atom is 0.273 e. The molecule has 7 nitrogen and oxygen atoms in total. The molecule has 0 radical (unpaired) electrons. The van der Waals surface area contributed by atoms with Gasteiger partial charge in [-0.25, -0.2) is 9.97 Å². The molecule has 114 valence electrons. The number of piperazine rings is 1. The number of hydrogen-bond acceptors (Lipinski definition) is 6. The summed E-state index contributed by atoms with van der Waals surface area (Å²) in [4.78, 5) is 35.8. The van der Waals surface area contributed by atoms with Gasteiger partial charge in [-0.15, -0.1) is 11.3 Å². The third-order valence-corrected chi connectivity index (χ3v) is 4.16. The van der Waals surface area contributed by atoms with Crippen molar-refractivity contribution in [3.05, 3.63) is 40.5 Å². The molecular formula is C14H15N5O2S. The van der Waals surface area contributed by atoms with Crippen molar-refractivity contribution in [3.8, 4) is 0 Å². The van der Waals surface area contributed by atoms with E-state index in [2.05, 4.69) is 9.97 Å². The normalized spacial score (nSPS) is 14.9. The Morgan fingerprint density at radius 2 is 1.95 bits per heavy atom. The Hall–Kier alpha value is -2.48. The zero-order valence-corrected chi connectivity index (χ0v) is 12.6. The Bertz CT molecular complexity index is 680. The first-order valence-electron chi connectivity index (χ1n) is 6.84. The van der Waals surface area contributed by atoms with Crippen LogP contribution in [0.1, 0.15) is 20.8 Å². The molecule has 2 amide bonds. The van der Waals surface area contributed by atoms with Crippen LogP contribution in [-0.2, 0) is 0 Å². The Kier molecular flexibility index (Phi) is 4.01. The number of pyridine rings is 1. The SMILES string of the molecule is NC(=O)c1cccnc1N1CCN(C(=O)c2cscn2)CC1. The van der Waals surface area contributed by atoms with Crippen molar-refractivity contribution in [3.63, 3.8) is 0 Å². The zero-order chi connectivity index (χ0) is 15.5. The van der Waals surface area contributed by atoms with E-state index < -0.39 is 5.91 Å². The standard InChI is InChI=1S/C14H15N5O2S/c15-12(20)10-2-1-3-16-13(10)18-4-6-19(7-5-18)14(21)11-8-22-9-17-11/h1-3,8-9H,4-7H2,(H2,15,20). The fraction of sp³-hybridized carbons (Fsp3) is 0.286. The van der Waals surface area contributed by atoms with Crippen molar-refractivity contribution in [1.82, 2.24) is 14.9 Å². The first-order chi connectivity index (χ1) is 10.7. The number of aromatic nitrogens is 2. The molecule has 0 spiro atoms. The number of amides is 2. The van der Waals surface area contributed by atoms with Crippen LogP contribution in [-0.4, -0.2) is 52.9 Å². The van der Waals surface area contributed by atoms with Crippen LogP contribution in [0.4, 0.5) is 5.82 Å². The van der Waals surface area contributed by atoms with Crippen LogP contribution < -0.4 is 10.6 Å². The summed E-state index contributed by atoms with van der Waals surface area (Å²) in [6, 6.07) is 3.35. The molecule has 1 saturated heterocycles. The van der Waals surface area contributed by atoms with Crippen LogP contribution in [0.3, 0.4) is 0 Å². The average molecular weight is 317 g/mol. The quantitative estimate of drug-likeness (QED) is 0.895. The van der Waals surface area contributed by atoms with E-state index in [1.54, 1.807) is 34.1 Å². The van der Waals surface area contributed by atoms with Crippen molar-refractivity contribution in [2.45, 2.75) is 0 Å². The number of primary amides is 1. The van der Waals surface area contributed by atoms with E-state index in [-0.39, 0.29) is 5.91 Å². The van der Waals surface area contributed by atoms with E-state index >= 15 is 0 Å². The lowest BCUT2D eigenvalue weighted by molar-refractivity contribution is 0.0740. The molecule has 0 atom stereocenters. The molecule has 1 aliphatic heterocycles. The van der Waals surface area contributed by atoms with Crippen molar-refractivity contribution < 1.29 is 9.59 Å². The summed E-state index contributed by atoms with van der Waals surface area (Å²) >= 11 is 1.40. The molecule has 2 N–H and O–H groups in total. The summed E-state index contributed by atoms with van der Waals surface area (Å²) in [5, 5.41) is 1.75. The highest BCUT2D eigenvalue weighted by Crippen LogP contribution is 2.19. The molecule has 1 fully saturated rings. The van der Waals surface area contributed by atoms with Gasteiger partial charge < -0.3 is 15.5 Å². The van der Waals surface area contributed by atoms with Gasteiger partial charge in [0.2, 0.25) is 0 Å². The first kappa shape index (κ1) is 14.5. The number of hydrogen-bond donors (Lipinski definition) is 1. The number of carbonyl (C=O) groups is 2. The van der Waals surface area contributed by atoms with E-state index in [9.17, 15) is 9.59 Å². The molecule has 2 aromatic rings. The Morgan fingerprint density at radius 1 is 1.18 bits per heavy atom. The van der Waals surface area contributed by atoms with Gasteiger partial charge in [-0.3, -0.25) is 9.59 Å². The van der Waals surface area contributed by atoms with Gasteiger partial charge in [0.15, 0.2) is 0 Å². The minimum Gasteiger partial charge on any atom is -0.365 e. The minimum atomic E-state index is -0.496. The third kappa shape index (κ3) is 2.77. The van der Waals surface area contributed by atoms with Gasteiger partial charge in [-0.1, -0.05) is 0 Å². The summed E-state index contributed by atoms with van der Waals surface area (Å²) in [6.07, 6.45) is 1.63. The summed E-state index contributed by atoms with van der Waals surface area (Å²) < 4.78 is 0. The number of nitrogens with two attached hydrogens (primary N) is 1. The molecular weight excluding hydrogens is 302 g/mol. The Morgan fingerprint density at radius 3 is 2.59 bits per heavy atom. The highest BCUT2D eigenvalue weighted by molar-refractivity contribution is 7.07. The van der Waals surface area contributed by atoms with Crippen LogP contribution in [0.2, 0.25) is 0 Å². The van der Waals surface area contributed by atoms with Gasteiger partial charge in [0.25, 0.3) is 11.8 Å². The molecule has 2 aromatic heterocycles. The lowest BCUT2D eigenvalue weighted by Gasteiger charge is -2.35. The number of nitrogens with zero attached hydrogens (tertiary/aromatic N) is 4. The van der Waals surface area contributed by atoms with Crippen LogP contribution >= 0.6 is 11.3 Å². The van der Waals surface area contributed by atoms with Crippen LogP contribution in [0.25, 0.3) is 0 Å². The Labute approximate surface area is 131 Å². The predicted molar refractivity (Wildman–Crippen MR) is 83.0 cm³/mol. The number of anilines is 1. The van der Waals surface area contributed by atoms with Gasteiger partial charge in [-0.2, -0.15) is 0 Å². The Balaban J connectivity index is 1.70. The molecule has 0 aromatic carbocycles. The predicted octanol–water partition coefficient (Wildman–Crippen LogP) is 0.599. The van der Waals surface area contributed by atoms with Gasteiger partial charge in [0.05, 0.1) is 11.1 Å². The van der Waals surface area contributed by atoms with Crippen molar-refractivity contribution in [1.29, 1.82) is 0 Å². The monoisotopic (exact) mass is 317 g/mol. The molecule has 22 heavy (non-hydrogen) atoms. The van der Waals surface area contributed by atoms with E-state index in [0.717, 1.165) is 0 Å². The maximum absolute atomic E-state index is 12.2. The van der Waals surface area contributed by atoms with Crippen LogP contribution in [0.15, 0.2) is 29.2 Å². The largest absolute Gasteiger partial charge is 0.365 e.